The molecular formula is C17H29N3O+2. The Morgan fingerprint density at radius 2 is 1.90 bits per heavy atom. The molecule has 4 nitrogen and oxygen atoms in total. The van der Waals surface area contributed by atoms with Crippen molar-refractivity contribution >= 4 is 5.91 Å². The molecule has 0 aromatic heterocycles. The highest BCUT2D eigenvalue weighted by atomic mass is 16.2. The van der Waals surface area contributed by atoms with Crippen molar-refractivity contribution in [1.29, 1.82) is 0 Å². The van der Waals surface area contributed by atoms with Crippen LogP contribution in [0.15, 0.2) is 24.3 Å². The monoisotopic (exact) mass is 291 g/mol. The van der Waals surface area contributed by atoms with Crippen molar-refractivity contribution in [3.8, 4) is 0 Å². The van der Waals surface area contributed by atoms with Crippen LogP contribution in [0.1, 0.15) is 25.0 Å². The predicted octanol–water partition coefficient (Wildman–Crippen LogP) is -1.20. The number of rotatable bonds is 5. The molecule has 1 amide bonds. The number of hydrogen-bond acceptors (Lipinski definition) is 1. The van der Waals surface area contributed by atoms with Gasteiger partial charge in [-0.2, -0.15) is 0 Å². The zero-order chi connectivity index (χ0) is 15.2. The Morgan fingerprint density at radius 3 is 2.52 bits per heavy atom. The Hall–Kier alpha value is -1.39. The van der Waals surface area contributed by atoms with E-state index in [-0.39, 0.29) is 11.9 Å². The fraction of sp³-hybridized carbons (Fsp3) is 0.588. The van der Waals surface area contributed by atoms with E-state index in [0.29, 0.717) is 0 Å². The van der Waals surface area contributed by atoms with Gasteiger partial charge in [0.15, 0.2) is 6.04 Å². The standard InChI is InChI=1S/C17H27N3O/c1-4-18-17(21)15(3)20-11-9-19(10-12-20)13-16-8-6-5-7-14(16)2/h5-8,15H,4,9-13H2,1-3H3,(H,18,21)/p+2/t15-/m1/s1. The van der Waals surface area contributed by atoms with E-state index in [0.717, 1.165) is 39.3 Å². The first-order chi connectivity index (χ1) is 10.1. The van der Waals surface area contributed by atoms with Gasteiger partial charge in [-0.15, -0.1) is 0 Å². The number of piperazine rings is 1. The van der Waals surface area contributed by atoms with E-state index in [9.17, 15) is 4.79 Å². The summed E-state index contributed by atoms with van der Waals surface area (Å²) in [7, 11) is 0. The van der Waals surface area contributed by atoms with Gasteiger partial charge in [0.2, 0.25) is 0 Å². The number of benzene rings is 1. The van der Waals surface area contributed by atoms with E-state index >= 15 is 0 Å². The van der Waals surface area contributed by atoms with E-state index in [1.807, 2.05) is 13.8 Å². The van der Waals surface area contributed by atoms with Gasteiger partial charge in [-0.3, -0.25) is 4.79 Å². The largest absolute Gasteiger partial charge is 0.351 e. The average molecular weight is 291 g/mol. The van der Waals surface area contributed by atoms with Crippen LogP contribution < -0.4 is 15.1 Å². The molecule has 1 fully saturated rings. The van der Waals surface area contributed by atoms with Crippen molar-refractivity contribution in [2.75, 3.05) is 32.7 Å². The molecule has 0 aliphatic carbocycles. The molecule has 2 rings (SSSR count). The number of likely N-dealkylation sites (N-methyl/N-ethyl adjacent to an activating group) is 1. The van der Waals surface area contributed by atoms with Crippen LogP contribution in [0.5, 0.6) is 0 Å². The first kappa shape index (κ1) is 16.0. The summed E-state index contributed by atoms with van der Waals surface area (Å²) in [6.07, 6.45) is 0. The van der Waals surface area contributed by atoms with Gasteiger partial charge in [0.25, 0.3) is 5.91 Å². The Balaban J connectivity index is 1.83. The normalized spacial score (nSPS) is 23.6. The first-order valence-corrected chi connectivity index (χ1v) is 8.12. The van der Waals surface area contributed by atoms with Gasteiger partial charge in [0.1, 0.15) is 32.7 Å². The minimum Gasteiger partial charge on any atom is -0.351 e. The van der Waals surface area contributed by atoms with Crippen LogP contribution in [0.25, 0.3) is 0 Å². The molecule has 0 radical (unpaired) electrons. The molecule has 116 valence electrons. The summed E-state index contributed by atoms with van der Waals surface area (Å²) >= 11 is 0. The van der Waals surface area contributed by atoms with Gasteiger partial charge in [0.05, 0.1) is 0 Å². The number of carbonyl (C=O) groups is 1. The van der Waals surface area contributed by atoms with Gasteiger partial charge in [-0.1, -0.05) is 24.3 Å². The van der Waals surface area contributed by atoms with Crippen molar-refractivity contribution in [2.24, 2.45) is 0 Å². The highest BCUT2D eigenvalue weighted by Crippen LogP contribution is 2.04. The molecule has 1 heterocycles. The molecule has 1 aliphatic rings. The number of carbonyl (C=O) groups excluding carboxylic acids is 1. The summed E-state index contributed by atoms with van der Waals surface area (Å²) in [4.78, 5) is 15.0. The number of aryl methyl sites for hydroxylation is 1. The first-order valence-electron chi connectivity index (χ1n) is 8.12. The number of hydrogen-bond donors (Lipinski definition) is 3. The SMILES string of the molecule is CCNC(=O)[C@@H](C)[NH+]1CC[NH+](Cc2ccccc2C)CC1. The molecule has 0 unspecified atom stereocenters. The predicted molar refractivity (Wildman–Crippen MR) is 84.4 cm³/mol. The third kappa shape index (κ3) is 4.29. The molecule has 1 saturated heterocycles. The van der Waals surface area contributed by atoms with E-state index < -0.39 is 0 Å². The summed E-state index contributed by atoms with van der Waals surface area (Å²) in [5, 5.41) is 2.93. The molecule has 1 aromatic carbocycles. The Bertz CT molecular complexity index is 467. The van der Waals surface area contributed by atoms with Gasteiger partial charge >= 0.3 is 0 Å². The number of quaternary nitrogens is 2. The lowest BCUT2D eigenvalue weighted by Crippen LogP contribution is -3.29. The van der Waals surface area contributed by atoms with Crippen molar-refractivity contribution < 1.29 is 14.6 Å². The van der Waals surface area contributed by atoms with E-state index in [2.05, 4.69) is 36.5 Å². The smallest absolute Gasteiger partial charge is 0.278 e. The summed E-state index contributed by atoms with van der Waals surface area (Å²) < 4.78 is 0. The molecule has 4 heteroatoms. The minimum atomic E-state index is 0.0740. The Morgan fingerprint density at radius 1 is 1.24 bits per heavy atom. The topological polar surface area (TPSA) is 38.0 Å². The zero-order valence-electron chi connectivity index (χ0n) is 13.5. The van der Waals surface area contributed by atoms with Crippen LogP contribution in [0.4, 0.5) is 0 Å². The fourth-order valence-corrected chi connectivity index (χ4v) is 3.12. The van der Waals surface area contributed by atoms with Gasteiger partial charge < -0.3 is 15.1 Å². The second kappa shape index (κ2) is 7.57. The number of nitrogens with one attached hydrogen (secondary N) is 3. The van der Waals surface area contributed by atoms with Crippen LogP contribution >= 0.6 is 0 Å². The highest BCUT2D eigenvalue weighted by molar-refractivity contribution is 5.79. The van der Waals surface area contributed by atoms with Gasteiger partial charge in [-0.05, 0) is 26.3 Å². The molecule has 0 spiro atoms. The minimum absolute atomic E-state index is 0.0740. The van der Waals surface area contributed by atoms with E-state index in [4.69, 9.17) is 0 Å². The maximum absolute atomic E-state index is 11.9. The molecule has 1 aliphatic heterocycles. The lowest BCUT2D eigenvalue weighted by atomic mass is 10.1. The summed E-state index contributed by atoms with van der Waals surface area (Å²) in [6.45, 7) is 12.5. The molecular weight excluding hydrogens is 262 g/mol. The summed E-state index contributed by atoms with van der Waals surface area (Å²) in [5.41, 5.74) is 2.84. The molecule has 21 heavy (non-hydrogen) atoms. The van der Waals surface area contributed by atoms with Crippen LogP contribution in [-0.2, 0) is 11.3 Å². The summed E-state index contributed by atoms with van der Waals surface area (Å²) in [5.74, 6) is 0.190. The Kier molecular flexibility index (Phi) is 5.76. The Labute approximate surface area is 128 Å². The van der Waals surface area contributed by atoms with Crippen molar-refractivity contribution in [3.63, 3.8) is 0 Å². The van der Waals surface area contributed by atoms with Crippen LogP contribution in [-0.4, -0.2) is 44.7 Å². The molecule has 0 bridgehead atoms. The van der Waals surface area contributed by atoms with Crippen LogP contribution in [0.3, 0.4) is 0 Å². The maximum Gasteiger partial charge on any atom is 0.278 e. The van der Waals surface area contributed by atoms with Crippen molar-refractivity contribution in [3.05, 3.63) is 35.4 Å². The van der Waals surface area contributed by atoms with Crippen LogP contribution in [0.2, 0.25) is 0 Å². The lowest BCUT2D eigenvalue weighted by Gasteiger charge is -2.32. The summed E-state index contributed by atoms with van der Waals surface area (Å²) in [6, 6.07) is 8.72. The number of amides is 1. The lowest BCUT2D eigenvalue weighted by molar-refractivity contribution is -1.02. The second-order valence-electron chi connectivity index (χ2n) is 6.13. The quantitative estimate of drug-likeness (QED) is 0.627. The maximum atomic E-state index is 11.9. The average Bonchev–Trinajstić information content (AvgIpc) is 2.50. The van der Waals surface area contributed by atoms with Gasteiger partial charge in [-0.25, -0.2) is 0 Å². The fourth-order valence-electron chi connectivity index (χ4n) is 3.12. The van der Waals surface area contributed by atoms with Crippen molar-refractivity contribution in [2.45, 2.75) is 33.4 Å². The van der Waals surface area contributed by atoms with E-state index in [1.54, 1.807) is 4.90 Å². The highest BCUT2D eigenvalue weighted by Gasteiger charge is 2.30. The zero-order valence-corrected chi connectivity index (χ0v) is 13.5. The molecule has 3 N–H and O–H groups in total. The van der Waals surface area contributed by atoms with E-state index in [1.165, 1.54) is 16.0 Å². The molecule has 0 saturated carbocycles. The third-order valence-electron chi connectivity index (χ3n) is 4.66. The third-order valence-corrected chi connectivity index (χ3v) is 4.66. The van der Waals surface area contributed by atoms with Gasteiger partial charge in [0, 0.05) is 12.1 Å². The van der Waals surface area contributed by atoms with Crippen LogP contribution in [0, 0.1) is 6.92 Å². The van der Waals surface area contributed by atoms with Crippen molar-refractivity contribution in [1.82, 2.24) is 5.32 Å². The molecule has 1 atom stereocenters. The second-order valence-corrected chi connectivity index (χ2v) is 6.13. The molecule has 1 aromatic rings.